The van der Waals surface area contributed by atoms with Crippen LogP contribution in [-0.2, 0) is 6.54 Å². The van der Waals surface area contributed by atoms with E-state index in [0.29, 0.717) is 11.1 Å². The van der Waals surface area contributed by atoms with E-state index in [9.17, 15) is 15.2 Å². The second-order valence-corrected chi connectivity index (χ2v) is 5.10. The van der Waals surface area contributed by atoms with E-state index in [1.807, 2.05) is 37.3 Å². The van der Waals surface area contributed by atoms with Crippen LogP contribution in [0.4, 0.5) is 5.69 Å². The summed E-state index contributed by atoms with van der Waals surface area (Å²) in [6.45, 7) is 7.23. The van der Waals surface area contributed by atoms with Gasteiger partial charge in [0.1, 0.15) is 11.6 Å². The highest BCUT2D eigenvalue weighted by atomic mass is 16.3. The van der Waals surface area contributed by atoms with Gasteiger partial charge in [-0.15, -0.1) is 6.58 Å². The molecule has 2 rings (SSSR count). The first-order chi connectivity index (χ1) is 11.0. The lowest BCUT2D eigenvalue weighted by Crippen LogP contribution is -2.24. The van der Waals surface area contributed by atoms with Crippen molar-refractivity contribution in [2.75, 3.05) is 0 Å². The van der Waals surface area contributed by atoms with Gasteiger partial charge in [-0.05, 0) is 31.0 Å². The molecule has 1 aromatic heterocycles. The summed E-state index contributed by atoms with van der Waals surface area (Å²) in [4.78, 5) is 16.6. The van der Waals surface area contributed by atoms with Crippen LogP contribution in [0.1, 0.15) is 22.3 Å². The number of aryl methyl sites for hydroxylation is 1. The zero-order chi connectivity index (χ0) is 17.0. The van der Waals surface area contributed by atoms with Crippen molar-refractivity contribution in [3.05, 3.63) is 69.5 Å². The molecule has 0 saturated heterocycles. The Balaban J connectivity index is 2.65. The summed E-state index contributed by atoms with van der Waals surface area (Å²) in [6.07, 6.45) is 2.97. The smallest absolute Gasteiger partial charge is 0.271 e. The normalized spacial score (nSPS) is 10.7. The molecule has 5 heteroatoms. The predicted molar refractivity (Wildman–Crippen MR) is 90.4 cm³/mol. The molecule has 0 bridgehead atoms. The molecule has 0 aliphatic carbocycles. The number of para-hydroxylation sites is 1. The summed E-state index contributed by atoms with van der Waals surface area (Å²) in [5.74, 6) is -0.219. The fourth-order valence-electron chi connectivity index (χ4n) is 2.27. The van der Waals surface area contributed by atoms with Crippen molar-refractivity contribution in [3.63, 3.8) is 0 Å². The van der Waals surface area contributed by atoms with E-state index in [0.717, 1.165) is 15.8 Å². The maximum Gasteiger partial charge on any atom is 0.271 e. The summed E-state index contributed by atoms with van der Waals surface area (Å²) in [5, 5.41) is 19.6. The zero-order valence-electron chi connectivity index (χ0n) is 13.1. The third-order valence-corrected chi connectivity index (χ3v) is 3.61. The number of aromatic nitrogens is 1. The van der Waals surface area contributed by atoms with Gasteiger partial charge in [-0.2, -0.15) is 5.26 Å². The van der Waals surface area contributed by atoms with Crippen LogP contribution in [0.15, 0.2) is 46.7 Å². The molecule has 0 fully saturated rings. The molecule has 0 aliphatic rings. The van der Waals surface area contributed by atoms with Crippen LogP contribution < -0.4 is 5.56 Å². The molecular formula is C18H17N3O2. The Hall–Kier alpha value is -3.13. The number of benzene rings is 1. The largest absolute Gasteiger partial charge is 0.494 e. The number of aliphatic imine (C=N–C) groups is 1. The summed E-state index contributed by atoms with van der Waals surface area (Å²) < 4.78 is 1.11. The molecule has 116 valence electrons. The Kier molecular flexibility index (Phi) is 4.77. The first-order valence-corrected chi connectivity index (χ1v) is 7.08. The number of nitrogens with zero attached hydrogens (tertiary/aromatic N) is 3. The van der Waals surface area contributed by atoms with Crippen LogP contribution in [0.2, 0.25) is 0 Å². The topological polar surface area (TPSA) is 78.4 Å². The number of hydrogen-bond donors (Lipinski definition) is 1. The van der Waals surface area contributed by atoms with Crippen LogP contribution >= 0.6 is 0 Å². The minimum atomic E-state index is -0.532. The molecular weight excluding hydrogens is 290 g/mol. The average molecular weight is 307 g/mol. The van der Waals surface area contributed by atoms with Gasteiger partial charge in [-0.3, -0.25) is 14.4 Å². The molecule has 23 heavy (non-hydrogen) atoms. The van der Waals surface area contributed by atoms with Crippen LogP contribution in [0.5, 0.6) is 5.88 Å². The average Bonchev–Trinajstić information content (AvgIpc) is 2.53. The Bertz CT molecular complexity index is 886. The first kappa shape index (κ1) is 16.2. The van der Waals surface area contributed by atoms with Crippen molar-refractivity contribution in [1.82, 2.24) is 4.57 Å². The van der Waals surface area contributed by atoms with Crippen molar-refractivity contribution < 1.29 is 5.11 Å². The van der Waals surface area contributed by atoms with Gasteiger partial charge in [0.2, 0.25) is 5.88 Å². The minimum Gasteiger partial charge on any atom is -0.494 e. The molecule has 1 aromatic carbocycles. The second kappa shape index (κ2) is 6.75. The maximum absolute atomic E-state index is 12.2. The standard InChI is InChI=1S/C18H17N3O2/c1-4-9-21-17(22)14(10-19)13(3)15(18(21)23)11-20-16-8-6-5-7-12(16)2/h4-8,11,23H,1,9H2,2-3H3. The van der Waals surface area contributed by atoms with Crippen LogP contribution in [-0.4, -0.2) is 15.9 Å². The van der Waals surface area contributed by atoms with Crippen LogP contribution in [0.3, 0.4) is 0 Å². The number of pyridine rings is 1. The van der Waals surface area contributed by atoms with E-state index >= 15 is 0 Å². The number of hydrogen-bond acceptors (Lipinski definition) is 4. The molecule has 0 aliphatic heterocycles. The van der Waals surface area contributed by atoms with E-state index in [1.54, 1.807) is 6.92 Å². The van der Waals surface area contributed by atoms with Gasteiger partial charge in [0, 0.05) is 12.8 Å². The zero-order valence-corrected chi connectivity index (χ0v) is 13.1. The highest BCUT2D eigenvalue weighted by molar-refractivity contribution is 5.87. The Morgan fingerprint density at radius 2 is 2.09 bits per heavy atom. The van der Waals surface area contributed by atoms with Crippen LogP contribution in [0, 0.1) is 25.2 Å². The van der Waals surface area contributed by atoms with Crippen molar-refractivity contribution >= 4 is 11.9 Å². The first-order valence-electron chi connectivity index (χ1n) is 7.08. The molecule has 2 aromatic rings. The SMILES string of the molecule is C=CCn1c(O)c(C=Nc2ccccc2C)c(C)c(C#N)c1=O. The van der Waals surface area contributed by atoms with E-state index < -0.39 is 5.56 Å². The van der Waals surface area contributed by atoms with Gasteiger partial charge in [0.05, 0.1) is 11.3 Å². The van der Waals surface area contributed by atoms with E-state index in [-0.39, 0.29) is 18.0 Å². The van der Waals surface area contributed by atoms with Crippen molar-refractivity contribution in [2.45, 2.75) is 20.4 Å². The number of allylic oxidation sites excluding steroid dienone is 1. The van der Waals surface area contributed by atoms with E-state index in [2.05, 4.69) is 11.6 Å². The molecule has 5 nitrogen and oxygen atoms in total. The summed E-state index contributed by atoms with van der Waals surface area (Å²) >= 11 is 0. The quantitative estimate of drug-likeness (QED) is 0.696. The highest BCUT2D eigenvalue weighted by Gasteiger charge is 2.17. The third kappa shape index (κ3) is 3.06. The summed E-state index contributed by atoms with van der Waals surface area (Å²) in [7, 11) is 0. The molecule has 0 amide bonds. The highest BCUT2D eigenvalue weighted by Crippen LogP contribution is 2.22. The Labute approximate surface area is 134 Å². The summed E-state index contributed by atoms with van der Waals surface area (Å²) in [6, 6.07) is 9.46. The molecule has 1 N–H and O–H groups in total. The van der Waals surface area contributed by atoms with Crippen LogP contribution in [0.25, 0.3) is 0 Å². The van der Waals surface area contributed by atoms with Gasteiger partial charge in [0.25, 0.3) is 5.56 Å². The molecule has 1 heterocycles. The lowest BCUT2D eigenvalue weighted by molar-refractivity contribution is 0.414. The second-order valence-electron chi connectivity index (χ2n) is 5.10. The number of aromatic hydroxyl groups is 1. The van der Waals surface area contributed by atoms with E-state index in [1.165, 1.54) is 12.3 Å². The lowest BCUT2D eigenvalue weighted by atomic mass is 10.1. The third-order valence-electron chi connectivity index (χ3n) is 3.61. The van der Waals surface area contributed by atoms with Crippen molar-refractivity contribution in [1.29, 1.82) is 5.26 Å². The van der Waals surface area contributed by atoms with Gasteiger partial charge in [0.15, 0.2) is 0 Å². The fraction of sp³-hybridized carbons (Fsp3) is 0.167. The Morgan fingerprint density at radius 1 is 1.39 bits per heavy atom. The molecule has 0 unspecified atom stereocenters. The maximum atomic E-state index is 12.2. The van der Waals surface area contributed by atoms with Gasteiger partial charge >= 0.3 is 0 Å². The van der Waals surface area contributed by atoms with Gasteiger partial charge in [-0.1, -0.05) is 24.3 Å². The Morgan fingerprint density at radius 3 is 2.70 bits per heavy atom. The number of nitriles is 1. The molecule has 0 spiro atoms. The summed E-state index contributed by atoms with van der Waals surface area (Å²) in [5.41, 5.74) is 1.97. The molecule has 0 saturated carbocycles. The predicted octanol–water partition coefficient (Wildman–Crippen LogP) is 2.98. The molecule has 0 radical (unpaired) electrons. The van der Waals surface area contributed by atoms with Crippen molar-refractivity contribution in [3.8, 4) is 11.9 Å². The van der Waals surface area contributed by atoms with Crippen molar-refractivity contribution in [2.24, 2.45) is 4.99 Å². The monoisotopic (exact) mass is 307 g/mol. The minimum absolute atomic E-state index is 0.00381. The van der Waals surface area contributed by atoms with Gasteiger partial charge in [-0.25, -0.2) is 0 Å². The fourth-order valence-corrected chi connectivity index (χ4v) is 2.27. The number of rotatable bonds is 4. The van der Waals surface area contributed by atoms with E-state index in [4.69, 9.17) is 0 Å². The van der Waals surface area contributed by atoms with Gasteiger partial charge < -0.3 is 5.11 Å². The molecule has 0 atom stereocenters. The lowest BCUT2D eigenvalue weighted by Gasteiger charge is -2.12.